The van der Waals surface area contributed by atoms with Gasteiger partial charge in [0.05, 0.1) is 0 Å². The smallest absolute Gasteiger partial charge is 0.159 e. The molecule has 0 saturated carbocycles. The zero-order valence-corrected chi connectivity index (χ0v) is 13.7. The van der Waals surface area contributed by atoms with E-state index < -0.39 is 11.6 Å². The number of benzene rings is 2. The van der Waals surface area contributed by atoms with Crippen LogP contribution in [0.3, 0.4) is 0 Å². The Labute approximate surface area is 141 Å². The van der Waals surface area contributed by atoms with E-state index in [0.717, 1.165) is 31.6 Å². The molecule has 0 bridgehead atoms. The zero-order chi connectivity index (χ0) is 16.9. The van der Waals surface area contributed by atoms with Gasteiger partial charge in [-0.05, 0) is 54.5 Å². The Kier molecular flexibility index (Phi) is 5.59. The topological polar surface area (TPSA) is 23.5 Å². The van der Waals surface area contributed by atoms with Gasteiger partial charge in [-0.1, -0.05) is 36.4 Å². The molecular weight excluding hydrogens is 308 g/mol. The molecule has 1 aliphatic rings. The van der Waals surface area contributed by atoms with Crippen molar-refractivity contribution in [3.63, 3.8) is 0 Å². The van der Waals surface area contributed by atoms with Crippen molar-refractivity contribution in [1.82, 2.24) is 4.90 Å². The molecule has 1 aliphatic heterocycles. The third-order valence-corrected chi connectivity index (χ3v) is 4.96. The molecule has 2 atom stereocenters. The van der Waals surface area contributed by atoms with Crippen molar-refractivity contribution in [2.24, 2.45) is 5.92 Å². The number of halogens is 2. The lowest BCUT2D eigenvalue weighted by Crippen LogP contribution is -2.39. The Morgan fingerprint density at radius 2 is 1.83 bits per heavy atom. The number of likely N-dealkylation sites (tertiary alicyclic amines) is 1. The fraction of sp³-hybridized carbons (Fsp3) is 0.400. The highest BCUT2D eigenvalue weighted by molar-refractivity contribution is 5.24. The summed E-state index contributed by atoms with van der Waals surface area (Å²) in [5.41, 5.74) is 2.08. The predicted molar refractivity (Wildman–Crippen MR) is 90.6 cm³/mol. The minimum absolute atomic E-state index is 0.115. The highest BCUT2D eigenvalue weighted by Gasteiger charge is 2.30. The van der Waals surface area contributed by atoms with Crippen molar-refractivity contribution in [3.8, 4) is 0 Å². The summed E-state index contributed by atoms with van der Waals surface area (Å²) in [4.78, 5) is 2.36. The molecule has 2 aromatic carbocycles. The number of rotatable bonds is 5. The van der Waals surface area contributed by atoms with Crippen LogP contribution < -0.4 is 0 Å². The van der Waals surface area contributed by atoms with Crippen molar-refractivity contribution in [3.05, 3.63) is 71.3 Å². The van der Waals surface area contributed by atoms with E-state index in [1.165, 1.54) is 17.7 Å². The fourth-order valence-electron chi connectivity index (χ4n) is 3.69. The molecule has 0 spiro atoms. The van der Waals surface area contributed by atoms with E-state index in [4.69, 9.17) is 0 Å². The second-order valence-electron chi connectivity index (χ2n) is 6.56. The van der Waals surface area contributed by atoms with Gasteiger partial charge in [-0.3, -0.25) is 4.90 Å². The molecule has 0 aromatic heterocycles. The van der Waals surface area contributed by atoms with Gasteiger partial charge in [-0.25, -0.2) is 8.78 Å². The van der Waals surface area contributed by atoms with Gasteiger partial charge >= 0.3 is 0 Å². The third-order valence-electron chi connectivity index (χ3n) is 4.96. The Hall–Kier alpha value is -1.78. The van der Waals surface area contributed by atoms with Crippen LogP contribution in [0.2, 0.25) is 0 Å². The van der Waals surface area contributed by atoms with Crippen LogP contribution >= 0.6 is 0 Å². The summed E-state index contributed by atoms with van der Waals surface area (Å²) in [6.07, 6.45) is 1.65. The van der Waals surface area contributed by atoms with Crippen LogP contribution in [-0.2, 0) is 6.54 Å². The Balaban J connectivity index is 1.77. The second kappa shape index (κ2) is 7.86. The number of hydrogen-bond donors (Lipinski definition) is 1. The van der Waals surface area contributed by atoms with Crippen LogP contribution in [0.25, 0.3) is 0 Å². The molecule has 2 aromatic rings. The Bertz CT molecular complexity index is 662. The molecule has 1 saturated heterocycles. The third kappa shape index (κ3) is 4.00. The molecule has 0 aliphatic carbocycles. The summed E-state index contributed by atoms with van der Waals surface area (Å²) in [5.74, 6) is -1.19. The van der Waals surface area contributed by atoms with Crippen LogP contribution in [0.5, 0.6) is 0 Å². The normalized spacial score (nSPS) is 21.8. The number of aliphatic hydroxyl groups excluding tert-OH is 1. The quantitative estimate of drug-likeness (QED) is 0.897. The van der Waals surface area contributed by atoms with Crippen LogP contribution in [-0.4, -0.2) is 29.7 Å². The van der Waals surface area contributed by atoms with Crippen LogP contribution in [0, 0.1) is 17.6 Å². The van der Waals surface area contributed by atoms with Gasteiger partial charge in [0, 0.05) is 19.7 Å². The molecule has 24 heavy (non-hydrogen) atoms. The van der Waals surface area contributed by atoms with Gasteiger partial charge in [-0.2, -0.15) is 0 Å². The van der Waals surface area contributed by atoms with E-state index in [1.807, 2.05) is 18.2 Å². The standard InChI is InChI=1S/C20H23F2NO/c21-19-7-6-17(12-20(19)22)18-14-23(10-8-16(18)9-11-24)13-15-4-2-1-3-5-15/h1-7,12,16,18,24H,8-11,13-14H2/t16?,18-/m1/s1. The van der Waals surface area contributed by atoms with Crippen LogP contribution in [0.15, 0.2) is 48.5 Å². The van der Waals surface area contributed by atoms with Gasteiger partial charge in [0.1, 0.15) is 0 Å². The molecule has 1 unspecified atom stereocenters. The monoisotopic (exact) mass is 331 g/mol. The molecule has 128 valence electrons. The molecule has 4 heteroatoms. The largest absolute Gasteiger partial charge is 0.396 e. The van der Waals surface area contributed by atoms with Gasteiger partial charge in [0.2, 0.25) is 0 Å². The van der Waals surface area contributed by atoms with E-state index in [-0.39, 0.29) is 12.5 Å². The maximum absolute atomic E-state index is 13.7. The molecule has 2 nitrogen and oxygen atoms in total. The van der Waals surface area contributed by atoms with Crippen LogP contribution in [0.4, 0.5) is 8.78 Å². The second-order valence-corrected chi connectivity index (χ2v) is 6.56. The first kappa shape index (κ1) is 17.1. The zero-order valence-electron chi connectivity index (χ0n) is 13.7. The summed E-state index contributed by atoms with van der Waals surface area (Å²) in [6.45, 7) is 2.74. The lowest BCUT2D eigenvalue weighted by atomic mass is 9.79. The van der Waals surface area contributed by atoms with Crippen molar-refractivity contribution < 1.29 is 13.9 Å². The molecule has 1 heterocycles. The summed E-state index contributed by atoms with van der Waals surface area (Å²) in [5, 5.41) is 9.34. The first-order valence-electron chi connectivity index (χ1n) is 8.49. The highest BCUT2D eigenvalue weighted by atomic mass is 19.2. The summed E-state index contributed by atoms with van der Waals surface area (Å²) in [7, 11) is 0. The molecular formula is C20H23F2NO. The number of hydrogen-bond acceptors (Lipinski definition) is 2. The molecule has 1 fully saturated rings. The molecule has 0 amide bonds. The van der Waals surface area contributed by atoms with Crippen molar-refractivity contribution in [2.75, 3.05) is 19.7 Å². The molecule has 3 rings (SSSR count). The highest BCUT2D eigenvalue weighted by Crippen LogP contribution is 2.35. The number of piperidine rings is 1. The van der Waals surface area contributed by atoms with E-state index in [9.17, 15) is 13.9 Å². The molecule has 0 radical (unpaired) electrons. The Morgan fingerprint density at radius 3 is 2.54 bits per heavy atom. The van der Waals surface area contributed by atoms with E-state index in [2.05, 4.69) is 17.0 Å². The van der Waals surface area contributed by atoms with Crippen LogP contribution in [0.1, 0.15) is 29.9 Å². The fourth-order valence-corrected chi connectivity index (χ4v) is 3.69. The van der Waals surface area contributed by atoms with Gasteiger partial charge in [0.25, 0.3) is 0 Å². The van der Waals surface area contributed by atoms with Gasteiger partial charge < -0.3 is 5.11 Å². The van der Waals surface area contributed by atoms with Crippen molar-refractivity contribution in [2.45, 2.75) is 25.3 Å². The number of nitrogens with zero attached hydrogens (tertiary/aromatic N) is 1. The lowest BCUT2D eigenvalue weighted by molar-refractivity contribution is 0.130. The SMILES string of the molecule is OCCC1CCN(Cc2ccccc2)C[C@H]1c1ccc(F)c(F)c1. The minimum atomic E-state index is -0.811. The summed E-state index contributed by atoms with van der Waals surface area (Å²) >= 11 is 0. The summed E-state index contributed by atoms with van der Waals surface area (Å²) in [6, 6.07) is 14.5. The first-order chi connectivity index (χ1) is 11.7. The summed E-state index contributed by atoms with van der Waals surface area (Å²) < 4.78 is 26.9. The van der Waals surface area contributed by atoms with Crippen molar-refractivity contribution >= 4 is 0 Å². The van der Waals surface area contributed by atoms with Gasteiger partial charge in [0.15, 0.2) is 11.6 Å². The van der Waals surface area contributed by atoms with E-state index >= 15 is 0 Å². The number of aliphatic hydroxyl groups is 1. The maximum Gasteiger partial charge on any atom is 0.159 e. The minimum Gasteiger partial charge on any atom is -0.396 e. The average Bonchev–Trinajstić information content (AvgIpc) is 2.60. The predicted octanol–water partition coefficient (Wildman–Crippen LogP) is 3.95. The van der Waals surface area contributed by atoms with Crippen molar-refractivity contribution in [1.29, 1.82) is 0 Å². The van der Waals surface area contributed by atoms with Gasteiger partial charge in [-0.15, -0.1) is 0 Å². The Morgan fingerprint density at radius 1 is 1.04 bits per heavy atom. The first-order valence-corrected chi connectivity index (χ1v) is 8.49. The maximum atomic E-state index is 13.7. The van der Waals surface area contributed by atoms with E-state index in [0.29, 0.717) is 12.3 Å². The average molecular weight is 331 g/mol. The van der Waals surface area contributed by atoms with E-state index in [1.54, 1.807) is 6.07 Å². The molecule has 1 N–H and O–H groups in total. The lowest BCUT2D eigenvalue weighted by Gasteiger charge is -2.39.